The van der Waals surface area contributed by atoms with Gasteiger partial charge in [0, 0.05) is 12.5 Å². The van der Waals surface area contributed by atoms with Crippen LogP contribution < -0.4 is 5.73 Å². The van der Waals surface area contributed by atoms with Gasteiger partial charge in [-0.2, -0.15) is 5.26 Å². The second kappa shape index (κ2) is 6.67. The van der Waals surface area contributed by atoms with Gasteiger partial charge in [0.15, 0.2) is 5.78 Å². The predicted molar refractivity (Wildman–Crippen MR) is 71.8 cm³/mol. The van der Waals surface area contributed by atoms with Crippen LogP contribution in [-0.2, 0) is 4.79 Å². The molecule has 0 bridgehead atoms. The Morgan fingerprint density at radius 1 is 1.67 bits per heavy atom. The average Bonchev–Trinajstić information content (AvgIpc) is 2.65. The molecular formula is C14H23N3O. The fraction of sp³-hybridized carbons (Fsp3) is 0.714. The maximum absolute atomic E-state index is 12.0. The highest BCUT2D eigenvalue weighted by Gasteiger charge is 2.42. The Morgan fingerprint density at radius 3 is 2.83 bits per heavy atom. The minimum atomic E-state index is -0.491. The number of nitrogens with two attached hydrogens (primary N) is 1. The molecule has 0 aromatic heterocycles. The predicted octanol–water partition coefficient (Wildman–Crippen LogP) is 1.47. The van der Waals surface area contributed by atoms with Crippen molar-refractivity contribution < 1.29 is 4.79 Å². The molecule has 1 fully saturated rings. The largest absolute Gasteiger partial charge is 0.320 e. The molecule has 0 radical (unpaired) electrons. The summed E-state index contributed by atoms with van der Waals surface area (Å²) in [4.78, 5) is 13.9. The van der Waals surface area contributed by atoms with E-state index >= 15 is 0 Å². The number of likely N-dealkylation sites (tertiary alicyclic amines) is 1. The smallest absolute Gasteiger partial charge is 0.151 e. The van der Waals surface area contributed by atoms with E-state index in [1.165, 1.54) is 0 Å². The summed E-state index contributed by atoms with van der Waals surface area (Å²) in [5.41, 5.74) is 6.10. The Kier molecular flexibility index (Phi) is 5.52. The summed E-state index contributed by atoms with van der Waals surface area (Å²) < 4.78 is 0. The molecule has 4 atom stereocenters. The van der Waals surface area contributed by atoms with Crippen molar-refractivity contribution in [1.82, 2.24) is 4.90 Å². The molecule has 0 aliphatic carbocycles. The number of likely N-dealkylation sites (N-methyl/N-ethyl adjacent to an activating group) is 1. The van der Waals surface area contributed by atoms with E-state index in [0.29, 0.717) is 6.42 Å². The van der Waals surface area contributed by atoms with Crippen LogP contribution in [0.3, 0.4) is 0 Å². The first-order valence-corrected chi connectivity index (χ1v) is 6.59. The summed E-state index contributed by atoms with van der Waals surface area (Å²) >= 11 is 0. The summed E-state index contributed by atoms with van der Waals surface area (Å²) in [6.45, 7) is 3.93. The third-order valence-electron chi connectivity index (χ3n) is 3.72. The molecule has 0 unspecified atom stereocenters. The first-order chi connectivity index (χ1) is 8.56. The first kappa shape index (κ1) is 14.9. The van der Waals surface area contributed by atoms with Gasteiger partial charge in [0.1, 0.15) is 0 Å². The zero-order valence-corrected chi connectivity index (χ0v) is 11.5. The highest BCUT2D eigenvalue weighted by atomic mass is 16.1. The van der Waals surface area contributed by atoms with Crippen molar-refractivity contribution in [2.75, 3.05) is 7.05 Å². The SMILES string of the molecule is C/C=C\[C@@H]1C[C@H](C#N)N(C)[C@H]1[C@@H](N)C(=O)CCC. The summed E-state index contributed by atoms with van der Waals surface area (Å²) in [5.74, 6) is 0.294. The van der Waals surface area contributed by atoms with Crippen LogP contribution in [0.15, 0.2) is 12.2 Å². The van der Waals surface area contributed by atoms with E-state index in [9.17, 15) is 4.79 Å². The van der Waals surface area contributed by atoms with Gasteiger partial charge >= 0.3 is 0 Å². The number of carbonyl (C=O) groups is 1. The normalized spacial score (nSPS) is 30.5. The van der Waals surface area contributed by atoms with Crippen LogP contribution in [0.25, 0.3) is 0 Å². The van der Waals surface area contributed by atoms with E-state index in [4.69, 9.17) is 11.0 Å². The molecule has 1 aliphatic heterocycles. The van der Waals surface area contributed by atoms with Crippen molar-refractivity contribution in [3.05, 3.63) is 12.2 Å². The van der Waals surface area contributed by atoms with Crippen molar-refractivity contribution in [2.45, 2.75) is 51.2 Å². The standard InChI is InChI=1S/C14H23N3O/c1-4-6-10-8-11(9-15)17(3)14(10)13(16)12(18)7-5-2/h4,6,10-11,13-14H,5,7-8,16H2,1-3H3/b6-4-/t10-,11-,13+,14-/m1/s1. The lowest BCUT2D eigenvalue weighted by Gasteiger charge is -2.29. The number of hydrogen-bond acceptors (Lipinski definition) is 4. The van der Waals surface area contributed by atoms with E-state index in [2.05, 4.69) is 12.1 Å². The number of ketones is 1. The topological polar surface area (TPSA) is 70.1 Å². The lowest BCUT2D eigenvalue weighted by atomic mass is 9.90. The molecule has 1 saturated heterocycles. The molecule has 18 heavy (non-hydrogen) atoms. The maximum Gasteiger partial charge on any atom is 0.151 e. The number of hydrogen-bond donors (Lipinski definition) is 1. The van der Waals surface area contributed by atoms with Gasteiger partial charge in [0.05, 0.1) is 18.2 Å². The van der Waals surface area contributed by atoms with Crippen LogP contribution in [0, 0.1) is 17.2 Å². The minimum Gasteiger partial charge on any atom is -0.320 e. The average molecular weight is 249 g/mol. The summed E-state index contributed by atoms with van der Waals surface area (Å²) in [7, 11) is 1.89. The molecule has 0 amide bonds. The van der Waals surface area contributed by atoms with E-state index in [1.54, 1.807) is 0 Å². The molecule has 2 N–H and O–H groups in total. The summed E-state index contributed by atoms with van der Waals surface area (Å²) in [6.07, 6.45) is 6.14. The summed E-state index contributed by atoms with van der Waals surface area (Å²) in [5, 5.41) is 9.12. The Labute approximate surface area is 109 Å². The monoisotopic (exact) mass is 249 g/mol. The van der Waals surface area contributed by atoms with Gasteiger partial charge in [0.2, 0.25) is 0 Å². The quantitative estimate of drug-likeness (QED) is 0.749. The number of nitriles is 1. The van der Waals surface area contributed by atoms with Crippen LogP contribution in [-0.4, -0.2) is 35.9 Å². The fourth-order valence-corrected chi connectivity index (χ4v) is 2.78. The van der Waals surface area contributed by atoms with Gasteiger partial charge in [-0.15, -0.1) is 0 Å². The van der Waals surface area contributed by atoms with Gasteiger partial charge in [-0.3, -0.25) is 9.69 Å². The van der Waals surface area contributed by atoms with Crippen molar-refractivity contribution in [1.29, 1.82) is 5.26 Å². The van der Waals surface area contributed by atoms with E-state index in [0.717, 1.165) is 12.8 Å². The maximum atomic E-state index is 12.0. The fourth-order valence-electron chi connectivity index (χ4n) is 2.78. The lowest BCUT2D eigenvalue weighted by molar-refractivity contribution is -0.121. The van der Waals surface area contributed by atoms with Crippen LogP contribution in [0.2, 0.25) is 0 Å². The highest BCUT2D eigenvalue weighted by molar-refractivity contribution is 5.84. The van der Waals surface area contributed by atoms with Crippen molar-refractivity contribution in [2.24, 2.45) is 11.7 Å². The van der Waals surface area contributed by atoms with Gasteiger partial charge < -0.3 is 5.73 Å². The Hall–Kier alpha value is -1.18. The van der Waals surface area contributed by atoms with E-state index < -0.39 is 6.04 Å². The molecule has 0 spiro atoms. The summed E-state index contributed by atoms with van der Waals surface area (Å²) in [6, 6.07) is 1.60. The third-order valence-corrected chi connectivity index (χ3v) is 3.72. The number of carbonyl (C=O) groups excluding carboxylic acids is 1. The minimum absolute atomic E-state index is 0.0510. The lowest BCUT2D eigenvalue weighted by Crippen LogP contribution is -2.51. The third kappa shape index (κ3) is 2.98. The first-order valence-electron chi connectivity index (χ1n) is 6.59. The van der Waals surface area contributed by atoms with E-state index in [1.807, 2.05) is 31.9 Å². The Bertz CT molecular complexity index is 359. The molecule has 0 saturated carbocycles. The molecule has 0 aromatic carbocycles. The van der Waals surface area contributed by atoms with Crippen molar-refractivity contribution >= 4 is 5.78 Å². The van der Waals surface area contributed by atoms with E-state index in [-0.39, 0.29) is 23.8 Å². The van der Waals surface area contributed by atoms with Gasteiger partial charge in [-0.25, -0.2) is 0 Å². The highest BCUT2D eigenvalue weighted by Crippen LogP contribution is 2.31. The second-order valence-corrected chi connectivity index (χ2v) is 4.97. The number of nitrogens with zero attached hydrogens (tertiary/aromatic N) is 2. The number of Topliss-reactive ketones (excluding diaryl/α,β-unsaturated/α-hetero) is 1. The molecule has 4 heteroatoms. The van der Waals surface area contributed by atoms with Crippen molar-refractivity contribution in [3.63, 3.8) is 0 Å². The van der Waals surface area contributed by atoms with Crippen LogP contribution in [0.4, 0.5) is 0 Å². The molecule has 1 heterocycles. The zero-order chi connectivity index (χ0) is 13.7. The molecule has 4 nitrogen and oxygen atoms in total. The van der Waals surface area contributed by atoms with Gasteiger partial charge in [0.25, 0.3) is 0 Å². The van der Waals surface area contributed by atoms with Gasteiger partial charge in [-0.05, 0) is 32.7 Å². The van der Waals surface area contributed by atoms with Crippen LogP contribution in [0.5, 0.6) is 0 Å². The number of allylic oxidation sites excluding steroid dienone is 1. The van der Waals surface area contributed by atoms with Crippen LogP contribution in [0.1, 0.15) is 33.1 Å². The molecule has 0 aromatic rings. The van der Waals surface area contributed by atoms with Gasteiger partial charge in [-0.1, -0.05) is 19.1 Å². The second-order valence-electron chi connectivity index (χ2n) is 4.97. The number of rotatable bonds is 5. The molecular weight excluding hydrogens is 226 g/mol. The zero-order valence-electron chi connectivity index (χ0n) is 11.5. The Balaban J connectivity index is 2.88. The van der Waals surface area contributed by atoms with Crippen LogP contribution >= 0.6 is 0 Å². The van der Waals surface area contributed by atoms with Crippen molar-refractivity contribution in [3.8, 4) is 6.07 Å². The molecule has 100 valence electrons. The molecule has 1 aliphatic rings. The Morgan fingerprint density at radius 2 is 2.33 bits per heavy atom. The molecule has 1 rings (SSSR count).